The standard InChI is InChI=1S/C18H20FNO/c1-13-10-17(8-9-18(13)19)21-12-15-4-2-14(3-5-15)11-20-16-6-7-16/h2-5,8-10,16,20H,6-7,11-12H2,1H3. The normalized spacial score (nSPS) is 14.2. The first-order chi connectivity index (χ1) is 10.2. The minimum Gasteiger partial charge on any atom is -0.489 e. The molecule has 3 heteroatoms. The third kappa shape index (κ3) is 4.05. The van der Waals surface area contributed by atoms with Crippen LogP contribution in [0, 0.1) is 12.7 Å². The van der Waals surface area contributed by atoms with Crippen molar-refractivity contribution in [3.8, 4) is 5.75 Å². The minimum atomic E-state index is -0.199. The summed E-state index contributed by atoms with van der Waals surface area (Å²) in [5.74, 6) is 0.503. The zero-order valence-electron chi connectivity index (χ0n) is 12.2. The molecular weight excluding hydrogens is 265 g/mol. The predicted molar refractivity (Wildman–Crippen MR) is 81.8 cm³/mol. The number of ether oxygens (including phenoxy) is 1. The Morgan fingerprint density at radius 2 is 1.81 bits per heavy atom. The largest absolute Gasteiger partial charge is 0.489 e. The van der Waals surface area contributed by atoms with E-state index in [9.17, 15) is 4.39 Å². The Labute approximate surface area is 125 Å². The summed E-state index contributed by atoms with van der Waals surface area (Å²) in [6.07, 6.45) is 2.62. The topological polar surface area (TPSA) is 21.3 Å². The third-order valence-electron chi connectivity index (χ3n) is 3.73. The SMILES string of the molecule is Cc1cc(OCc2ccc(CNC3CC3)cc2)ccc1F. The van der Waals surface area contributed by atoms with Crippen molar-refractivity contribution >= 4 is 0 Å². The number of benzene rings is 2. The second kappa shape index (κ2) is 6.27. The summed E-state index contributed by atoms with van der Waals surface area (Å²) in [6.45, 7) is 3.17. The van der Waals surface area contributed by atoms with Crippen LogP contribution < -0.4 is 10.1 Å². The van der Waals surface area contributed by atoms with Gasteiger partial charge in [-0.05, 0) is 54.7 Å². The van der Waals surface area contributed by atoms with Crippen LogP contribution in [-0.4, -0.2) is 6.04 Å². The molecule has 2 aromatic carbocycles. The lowest BCUT2D eigenvalue weighted by atomic mass is 10.1. The molecule has 2 aromatic rings. The Morgan fingerprint density at radius 1 is 1.10 bits per heavy atom. The average Bonchev–Trinajstić information content (AvgIpc) is 3.32. The van der Waals surface area contributed by atoms with Crippen LogP contribution in [0.2, 0.25) is 0 Å². The molecule has 1 fully saturated rings. The summed E-state index contributed by atoms with van der Waals surface area (Å²) in [5, 5.41) is 3.49. The number of hydrogen-bond donors (Lipinski definition) is 1. The molecule has 0 aromatic heterocycles. The van der Waals surface area contributed by atoms with Gasteiger partial charge in [0.25, 0.3) is 0 Å². The van der Waals surface area contributed by atoms with Crippen LogP contribution in [-0.2, 0) is 13.2 Å². The van der Waals surface area contributed by atoms with Gasteiger partial charge in [0.2, 0.25) is 0 Å². The van der Waals surface area contributed by atoms with Crippen molar-refractivity contribution in [3.63, 3.8) is 0 Å². The lowest BCUT2D eigenvalue weighted by molar-refractivity contribution is 0.305. The van der Waals surface area contributed by atoms with E-state index in [1.807, 2.05) is 0 Å². The van der Waals surface area contributed by atoms with Gasteiger partial charge in [-0.15, -0.1) is 0 Å². The maximum absolute atomic E-state index is 13.2. The molecule has 21 heavy (non-hydrogen) atoms. The molecule has 0 atom stereocenters. The number of rotatable bonds is 6. The second-order valence-corrected chi connectivity index (χ2v) is 5.67. The lowest BCUT2D eigenvalue weighted by Crippen LogP contribution is -2.15. The van der Waals surface area contributed by atoms with Gasteiger partial charge in [-0.2, -0.15) is 0 Å². The van der Waals surface area contributed by atoms with Crippen LogP contribution in [0.15, 0.2) is 42.5 Å². The van der Waals surface area contributed by atoms with Crippen LogP contribution >= 0.6 is 0 Å². The molecule has 1 aliphatic rings. The van der Waals surface area contributed by atoms with Gasteiger partial charge in [0.05, 0.1) is 0 Å². The van der Waals surface area contributed by atoms with E-state index in [0.29, 0.717) is 17.9 Å². The smallest absolute Gasteiger partial charge is 0.126 e. The highest BCUT2D eigenvalue weighted by atomic mass is 19.1. The Balaban J connectivity index is 1.53. The van der Waals surface area contributed by atoms with E-state index < -0.39 is 0 Å². The zero-order chi connectivity index (χ0) is 14.7. The van der Waals surface area contributed by atoms with Gasteiger partial charge in [0, 0.05) is 12.6 Å². The van der Waals surface area contributed by atoms with Crippen LogP contribution in [0.5, 0.6) is 5.75 Å². The second-order valence-electron chi connectivity index (χ2n) is 5.67. The maximum atomic E-state index is 13.2. The van der Waals surface area contributed by atoms with Crippen molar-refractivity contribution in [2.45, 2.75) is 39.0 Å². The summed E-state index contributed by atoms with van der Waals surface area (Å²) >= 11 is 0. The highest BCUT2D eigenvalue weighted by Crippen LogP contribution is 2.20. The number of halogens is 1. The number of hydrogen-bond acceptors (Lipinski definition) is 2. The van der Waals surface area contributed by atoms with E-state index in [2.05, 4.69) is 29.6 Å². The van der Waals surface area contributed by atoms with Crippen molar-refractivity contribution < 1.29 is 9.13 Å². The van der Waals surface area contributed by atoms with E-state index in [1.54, 1.807) is 19.1 Å². The summed E-state index contributed by atoms with van der Waals surface area (Å²) in [7, 11) is 0. The Hall–Kier alpha value is -1.87. The molecule has 0 aliphatic heterocycles. The van der Waals surface area contributed by atoms with Crippen LogP contribution in [0.4, 0.5) is 4.39 Å². The summed E-state index contributed by atoms with van der Waals surface area (Å²) in [4.78, 5) is 0. The minimum absolute atomic E-state index is 0.199. The molecule has 1 aliphatic carbocycles. The quantitative estimate of drug-likeness (QED) is 0.867. The summed E-state index contributed by atoms with van der Waals surface area (Å²) in [5.41, 5.74) is 3.02. The van der Waals surface area contributed by atoms with Gasteiger partial charge in [0.1, 0.15) is 18.2 Å². The van der Waals surface area contributed by atoms with E-state index in [4.69, 9.17) is 4.74 Å². The van der Waals surface area contributed by atoms with Crippen molar-refractivity contribution in [2.24, 2.45) is 0 Å². The maximum Gasteiger partial charge on any atom is 0.126 e. The van der Waals surface area contributed by atoms with Crippen molar-refractivity contribution in [3.05, 3.63) is 65.0 Å². The van der Waals surface area contributed by atoms with Crippen molar-refractivity contribution in [1.82, 2.24) is 5.32 Å². The van der Waals surface area contributed by atoms with Crippen LogP contribution in [0.1, 0.15) is 29.5 Å². The van der Waals surface area contributed by atoms with Gasteiger partial charge in [0.15, 0.2) is 0 Å². The van der Waals surface area contributed by atoms with E-state index >= 15 is 0 Å². The van der Waals surface area contributed by atoms with E-state index in [1.165, 1.54) is 24.5 Å². The fourth-order valence-electron chi connectivity index (χ4n) is 2.18. The van der Waals surface area contributed by atoms with Gasteiger partial charge in [-0.1, -0.05) is 24.3 Å². The third-order valence-corrected chi connectivity index (χ3v) is 3.73. The fourth-order valence-corrected chi connectivity index (χ4v) is 2.18. The first-order valence-electron chi connectivity index (χ1n) is 7.41. The van der Waals surface area contributed by atoms with Crippen LogP contribution in [0.25, 0.3) is 0 Å². The van der Waals surface area contributed by atoms with E-state index in [0.717, 1.165) is 18.2 Å². The van der Waals surface area contributed by atoms with Gasteiger partial charge >= 0.3 is 0 Å². The summed E-state index contributed by atoms with van der Waals surface area (Å²) in [6, 6.07) is 14.0. The molecule has 0 bridgehead atoms. The first kappa shape index (κ1) is 14.1. The number of nitrogens with one attached hydrogen (secondary N) is 1. The van der Waals surface area contributed by atoms with Gasteiger partial charge in [-0.25, -0.2) is 4.39 Å². The monoisotopic (exact) mass is 285 g/mol. The molecule has 0 radical (unpaired) electrons. The fraction of sp³-hybridized carbons (Fsp3) is 0.333. The molecular formula is C18H20FNO. The molecule has 110 valence electrons. The molecule has 0 spiro atoms. The van der Waals surface area contributed by atoms with Crippen molar-refractivity contribution in [2.75, 3.05) is 0 Å². The zero-order valence-corrected chi connectivity index (χ0v) is 12.2. The van der Waals surface area contributed by atoms with E-state index in [-0.39, 0.29) is 5.82 Å². The molecule has 3 rings (SSSR count). The first-order valence-corrected chi connectivity index (χ1v) is 7.41. The predicted octanol–water partition coefficient (Wildman–Crippen LogP) is 3.97. The molecule has 0 heterocycles. The molecule has 2 nitrogen and oxygen atoms in total. The average molecular weight is 285 g/mol. The van der Waals surface area contributed by atoms with Crippen LogP contribution in [0.3, 0.4) is 0 Å². The van der Waals surface area contributed by atoms with Gasteiger partial charge in [-0.3, -0.25) is 0 Å². The Bertz CT molecular complexity index is 605. The lowest BCUT2D eigenvalue weighted by Gasteiger charge is -2.08. The summed E-state index contributed by atoms with van der Waals surface area (Å²) < 4.78 is 18.9. The Kier molecular flexibility index (Phi) is 4.20. The van der Waals surface area contributed by atoms with Crippen molar-refractivity contribution in [1.29, 1.82) is 0 Å². The molecule has 0 amide bonds. The molecule has 0 saturated heterocycles. The number of aryl methyl sites for hydroxylation is 1. The highest BCUT2D eigenvalue weighted by molar-refractivity contribution is 5.29. The Morgan fingerprint density at radius 3 is 2.48 bits per heavy atom. The molecule has 1 saturated carbocycles. The highest BCUT2D eigenvalue weighted by Gasteiger charge is 2.19. The van der Waals surface area contributed by atoms with Gasteiger partial charge < -0.3 is 10.1 Å². The molecule has 0 unspecified atom stereocenters. The molecule has 1 N–H and O–H groups in total.